The molecule has 0 fully saturated rings. The molecule has 0 amide bonds. The minimum atomic E-state index is -0.826. The predicted octanol–water partition coefficient (Wildman–Crippen LogP) is 5.74. The van der Waals surface area contributed by atoms with Crippen molar-refractivity contribution >= 4 is 29.2 Å². The van der Waals surface area contributed by atoms with E-state index >= 15 is 0 Å². The van der Waals surface area contributed by atoms with Crippen LogP contribution in [-0.4, -0.2) is 23.4 Å². The molecule has 146 valence electrons. The molecule has 0 aromatic heterocycles. The predicted molar refractivity (Wildman–Crippen MR) is 114 cm³/mol. The second-order valence-electron chi connectivity index (χ2n) is 7.18. The van der Waals surface area contributed by atoms with Gasteiger partial charge in [-0.1, -0.05) is 72.8 Å². The molecular formula is C23H24Cl2O2Zr. The fourth-order valence-electron chi connectivity index (χ4n) is 4.86. The molecule has 4 rings (SSSR count). The van der Waals surface area contributed by atoms with E-state index in [1.165, 1.54) is 22.3 Å². The fourth-order valence-corrected chi connectivity index (χ4v) is 4.86. The van der Waals surface area contributed by atoms with Crippen LogP contribution in [0.4, 0.5) is 0 Å². The number of halogens is 2. The molecule has 2 aliphatic rings. The summed E-state index contributed by atoms with van der Waals surface area (Å²) < 4.78 is 0. The van der Waals surface area contributed by atoms with Crippen LogP contribution in [0.2, 0.25) is 0 Å². The third-order valence-corrected chi connectivity index (χ3v) is 5.99. The Morgan fingerprint density at radius 2 is 1.14 bits per heavy atom. The van der Waals surface area contributed by atoms with Crippen molar-refractivity contribution in [2.24, 2.45) is 5.41 Å². The number of allylic oxidation sites excluding steroid dienone is 2. The number of hydrogen-bond donors (Lipinski definition) is 2. The van der Waals surface area contributed by atoms with E-state index in [0.717, 1.165) is 0 Å². The zero-order chi connectivity index (χ0) is 20.0. The molecule has 0 aliphatic heterocycles. The molecule has 0 radical (unpaired) electrons. The summed E-state index contributed by atoms with van der Waals surface area (Å²) in [4.78, 5) is 0. The molecule has 2 atom stereocenters. The van der Waals surface area contributed by atoms with E-state index in [1.54, 1.807) is 0 Å². The Morgan fingerprint density at radius 1 is 0.750 bits per heavy atom. The van der Waals surface area contributed by atoms with Crippen molar-refractivity contribution in [1.82, 2.24) is 0 Å². The Kier molecular flexibility index (Phi) is 8.15. The van der Waals surface area contributed by atoms with Crippen molar-refractivity contribution in [2.45, 2.75) is 24.7 Å². The van der Waals surface area contributed by atoms with Crippen LogP contribution in [0.3, 0.4) is 0 Å². The number of hydrogen-bond acceptors (Lipinski definition) is 2. The van der Waals surface area contributed by atoms with Gasteiger partial charge in [-0.15, -0.1) is 0 Å². The summed E-state index contributed by atoms with van der Waals surface area (Å²) in [5.41, 5.74) is 4.89. The number of rotatable bonds is 6. The minimum absolute atomic E-state index is 0.124. The standard InChI is InChI=1S/C23H24O2.2ClH.Zr/c24-15-13-23(14-16-25,21-11-9-17-5-1-3-7-19(17)21)22-12-10-18-6-2-4-8-20(18)22;;;/h1-12,21-22,24-25H,13-16H2;2*1H;/q;;;+2/p-2. The van der Waals surface area contributed by atoms with Gasteiger partial charge in [0.05, 0.1) is 0 Å². The first-order valence-electron chi connectivity index (χ1n) is 9.44. The number of fused-ring (bicyclic) bond motifs is 2. The average molecular weight is 495 g/mol. The summed E-state index contributed by atoms with van der Waals surface area (Å²) in [5, 5.41) is 19.8. The SMILES string of the molecule is OCCC(CCO)(C1C=Cc2ccccc21)C1C=Cc2ccccc21.[Cl][Zr][Cl]. The molecule has 0 saturated heterocycles. The van der Waals surface area contributed by atoms with E-state index < -0.39 is 20.8 Å². The van der Waals surface area contributed by atoms with Gasteiger partial charge in [-0.3, -0.25) is 0 Å². The summed E-state index contributed by atoms with van der Waals surface area (Å²) >= 11 is -0.826. The van der Waals surface area contributed by atoms with Crippen LogP contribution in [0.15, 0.2) is 60.7 Å². The Bertz CT molecular complexity index is 781. The van der Waals surface area contributed by atoms with Gasteiger partial charge in [0.15, 0.2) is 0 Å². The topological polar surface area (TPSA) is 40.5 Å². The molecule has 2 N–H and O–H groups in total. The van der Waals surface area contributed by atoms with E-state index in [2.05, 4.69) is 72.8 Å². The molecule has 2 nitrogen and oxygen atoms in total. The Balaban J connectivity index is 0.000000706. The maximum atomic E-state index is 9.92. The van der Waals surface area contributed by atoms with Crippen LogP contribution in [0, 0.1) is 5.41 Å². The third-order valence-electron chi connectivity index (χ3n) is 5.99. The van der Waals surface area contributed by atoms with Crippen molar-refractivity contribution in [1.29, 1.82) is 0 Å². The summed E-state index contributed by atoms with van der Waals surface area (Å²) in [5.74, 6) is 0.396. The number of benzene rings is 2. The zero-order valence-corrected chi connectivity index (χ0v) is 19.5. The van der Waals surface area contributed by atoms with E-state index in [-0.39, 0.29) is 30.5 Å². The molecule has 0 spiro atoms. The van der Waals surface area contributed by atoms with Crippen LogP contribution < -0.4 is 0 Å². The first-order valence-corrected chi connectivity index (χ1v) is 15.8. The molecule has 28 heavy (non-hydrogen) atoms. The molecule has 2 aliphatic carbocycles. The second-order valence-corrected chi connectivity index (χ2v) is 10.9. The molecule has 5 heteroatoms. The van der Waals surface area contributed by atoms with Gasteiger partial charge in [0, 0.05) is 25.0 Å². The van der Waals surface area contributed by atoms with E-state index in [4.69, 9.17) is 17.0 Å². The number of aliphatic hydroxyl groups excluding tert-OH is 2. The van der Waals surface area contributed by atoms with Crippen molar-refractivity contribution in [3.8, 4) is 0 Å². The Labute approximate surface area is 185 Å². The molecule has 0 heterocycles. The first kappa shape index (κ1) is 22.0. The summed E-state index contributed by atoms with van der Waals surface area (Å²) in [6.07, 6.45) is 10.2. The third kappa shape index (κ3) is 4.25. The van der Waals surface area contributed by atoms with E-state index in [9.17, 15) is 10.2 Å². The summed E-state index contributed by atoms with van der Waals surface area (Å²) in [6.45, 7) is 0.248. The molecule has 0 saturated carbocycles. The van der Waals surface area contributed by atoms with Crippen molar-refractivity contribution in [3.05, 3.63) is 82.9 Å². The van der Waals surface area contributed by atoms with Gasteiger partial charge in [-0.25, -0.2) is 0 Å². The molecule has 0 bridgehead atoms. The van der Waals surface area contributed by atoms with Gasteiger partial charge in [0.2, 0.25) is 0 Å². The van der Waals surface area contributed by atoms with Gasteiger partial charge in [0.25, 0.3) is 0 Å². The van der Waals surface area contributed by atoms with Gasteiger partial charge >= 0.3 is 37.9 Å². The Hall–Kier alpha value is -0.697. The summed E-state index contributed by atoms with van der Waals surface area (Å²) in [6, 6.07) is 17.0. The zero-order valence-electron chi connectivity index (χ0n) is 15.6. The van der Waals surface area contributed by atoms with Crippen molar-refractivity contribution in [2.75, 3.05) is 13.2 Å². The van der Waals surface area contributed by atoms with E-state index in [1.807, 2.05) is 0 Å². The Morgan fingerprint density at radius 3 is 1.54 bits per heavy atom. The van der Waals surface area contributed by atoms with Crippen LogP contribution in [0.1, 0.15) is 46.9 Å². The van der Waals surface area contributed by atoms with Gasteiger partial charge < -0.3 is 10.2 Å². The normalized spacial score (nSPS) is 19.0. The summed E-state index contributed by atoms with van der Waals surface area (Å²) in [7, 11) is 9.87. The maximum absolute atomic E-state index is 9.92. The van der Waals surface area contributed by atoms with Gasteiger partial charge in [-0.2, -0.15) is 0 Å². The van der Waals surface area contributed by atoms with Crippen LogP contribution in [0.5, 0.6) is 0 Å². The van der Waals surface area contributed by atoms with E-state index in [0.29, 0.717) is 12.8 Å². The monoisotopic (exact) mass is 492 g/mol. The number of aliphatic hydroxyl groups is 2. The van der Waals surface area contributed by atoms with Crippen molar-refractivity contribution < 1.29 is 31.1 Å². The van der Waals surface area contributed by atoms with Gasteiger partial charge in [0.1, 0.15) is 0 Å². The fraction of sp³-hybridized carbons (Fsp3) is 0.304. The molecule has 2 aromatic carbocycles. The van der Waals surface area contributed by atoms with Crippen molar-refractivity contribution in [3.63, 3.8) is 0 Å². The quantitative estimate of drug-likeness (QED) is 0.538. The van der Waals surface area contributed by atoms with Crippen LogP contribution in [0.25, 0.3) is 12.2 Å². The van der Waals surface area contributed by atoms with Crippen LogP contribution in [-0.2, 0) is 20.8 Å². The average Bonchev–Trinajstić information content (AvgIpc) is 3.33. The first-order chi connectivity index (χ1) is 13.7. The molecule has 2 aromatic rings. The molecule has 2 unspecified atom stereocenters. The van der Waals surface area contributed by atoms with Crippen LogP contribution >= 0.6 is 17.0 Å². The second kappa shape index (κ2) is 10.4. The van der Waals surface area contributed by atoms with Gasteiger partial charge in [-0.05, 0) is 40.5 Å². The molecular weight excluding hydrogens is 470 g/mol.